The molecule has 2 N–H and O–H groups in total. The summed E-state index contributed by atoms with van der Waals surface area (Å²) in [6.45, 7) is 3.18. The predicted octanol–water partition coefficient (Wildman–Crippen LogP) is 3.40. The number of pyridine rings is 1. The topological polar surface area (TPSA) is 83.6 Å². The molecule has 0 saturated carbocycles. The Balaban J connectivity index is 1.69. The fraction of sp³-hybridized carbons (Fsp3) is 0.350. The van der Waals surface area contributed by atoms with Gasteiger partial charge in [-0.3, -0.25) is 9.78 Å². The van der Waals surface area contributed by atoms with E-state index < -0.39 is 6.04 Å². The van der Waals surface area contributed by atoms with Crippen LogP contribution in [0.15, 0.2) is 48.8 Å². The number of urea groups is 1. The Morgan fingerprint density at radius 3 is 2.89 bits per heavy atom. The first-order valence-electron chi connectivity index (χ1n) is 9.21. The molecule has 142 valence electrons. The molecule has 0 radical (unpaired) electrons. The molecule has 0 bridgehead atoms. The summed E-state index contributed by atoms with van der Waals surface area (Å²) in [5.41, 5.74) is 0.562. The van der Waals surface area contributed by atoms with Crippen molar-refractivity contribution in [2.24, 2.45) is 0 Å². The Kier molecular flexibility index (Phi) is 6.25. The second-order valence-corrected chi connectivity index (χ2v) is 6.36. The molecule has 3 amide bonds. The van der Waals surface area contributed by atoms with Crippen molar-refractivity contribution in [1.29, 1.82) is 0 Å². The summed E-state index contributed by atoms with van der Waals surface area (Å²) in [7, 11) is 0. The maximum atomic E-state index is 12.8. The van der Waals surface area contributed by atoms with Gasteiger partial charge in [-0.15, -0.1) is 0 Å². The van der Waals surface area contributed by atoms with Crippen molar-refractivity contribution < 1.29 is 14.3 Å². The molecular weight excluding hydrogens is 344 g/mol. The van der Waals surface area contributed by atoms with Crippen LogP contribution in [0.5, 0.6) is 11.5 Å². The fourth-order valence-electron chi connectivity index (χ4n) is 3.03. The van der Waals surface area contributed by atoms with E-state index in [9.17, 15) is 9.59 Å². The Bertz CT molecular complexity index is 782. The first kappa shape index (κ1) is 18.7. The Labute approximate surface area is 158 Å². The molecular formula is C20H24N4O3. The zero-order valence-electron chi connectivity index (χ0n) is 15.4. The lowest BCUT2D eigenvalue weighted by molar-refractivity contribution is -0.119. The van der Waals surface area contributed by atoms with Crippen LogP contribution in [0, 0.1) is 0 Å². The van der Waals surface area contributed by atoms with Crippen LogP contribution < -0.4 is 15.4 Å². The molecule has 7 nitrogen and oxygen atoms in total. The van der Waals surface area contributed by atoms with Gasteiger partial charge >= 0.3 is 6.03 Å². The third-order valence-electron chi connectivity index (χ3n) is 4.35. The molecule has 7 heteroatoms. The molecule has 1 aliphatic heterocycles. The van der Waals surface area contributed by atoms with Crippen molar-refractivity contribution in [1.82, 2.24) is 15.2 Å². The highest BCUT2D eigenvalue weighted by Gasteiger charge is 2.34. The van der Waals surface area contributed by atoms with Gasteiger partial charge in [-0.1, -0.05) is 19.1 Å². The molecule has 1 fully saturated rings. The summed E-state index contributed by atoms with van der Waals surface area (Å²) in [4.78, 5) is 30.7. The second kappa shape index (κ2) is 9.02. The summed E-state index contributed by atoms with van der Waals surface area (Å²) in [6.07, 6.45) is 5.59. The summed E-state index contributed by atoms with van der Waals surface area (Å²) in [5, 5.41) is 5.75. The molecule has 1 aromatic heterocycles. The van der Waals surface area contributed by atoms with E-state index in [-0.39, 0.29) is 11.9 Å². The molecule has 3 rings (SSSR count). The molecule has 2 aromatic rings. The molecule has 1 saturated heterocycles. The quantitative estimate of drug-likeness (QED) is 0.819. The Morgan fingerprint density at radius 1 is 1.26 bits per heavy atom. The van der Waals surface area contributed by atoms with Crippen LogP contribution in [0.3, 0.4) is 0 Å². The number of anilines is 1. The van der Waals surface area contributed by atoms with Crippen LogP contribution in [0.25, 0.3) is 0 Å². The van der Waals surface area contributed by atoms with Crippen molar-refractivity contribution in [3.8, 4) is 11.5 Å². The van der Waals surface area contributed by atoms with Crippen LogP contribution >= 0.6 is 0 Å². The van der Waals surface area contributed by atoms with Crippen LogP contribution in [-0.2, 0) is 4.79 Å². The van der Waals surface area contributed by atoms with Gasteiger partial charge in [0.15, 0.2) is 5.75 Å². The average Bonchev–Trinajstić information content (AvgIpc) is 3.18. The lowest BCUT2D eigenvalue weighted by Gasteiger charge is -2.24. The van der Waals surface area contributed by atoms with Crippen LogP contribution in [0.4, 0.5) is 10.5 Å². The lowest BCUT2D eigenvalue weighted by atomic mass is 10.2. The zero-order valence-corrected chi connectivity index (χ0v) is 15.4. The van der Waals surface area contributed by atoms with E-state index in [1.807, 2.05) is 19.1 Å². The fourth-order valence-corrected chi connectivity index (χ4v) is 3.03. The number of benzene rings is 1. The predicted molar refractivity (Wildman–Crippen MR) is 103 cm³/mol. The zero-order chi connectivity index (χ0) is 19.1. The number of hydrogen-bond acceptors (Lipinski definition) is 4. The van der Waals surface area contributed by atoms with Crippen LogP contribution in [-0.4, -0.2) is 41.0 Å². The van der Waals surface area contributed by atoms with Gasteiger partial charge in [-0.25, -0.2) is 4.79 Å². The van der Waals surface area contributed by atoms with E-state index in [1.165, 1.54) is 0 Å². The van der Waals surface area contributed by atoms with Crippen LogP contribution in [0.2, 0.25) is 0 Å². The van der Waals surface area contributed by atoms with Gasteiger partial charge in [0.25, 0.3) is 0 Å². The molecule has 2 heterocycles. The SMILES string of the molecule is CCCNC(=O)N1CCC[C@@H]1C(=O)Nc1ccccc1Oc1cccnc1. The maximum absolute atomic E-state index is 12.8. The van der Waals surface area contributed by atoms with E-state index in [4.69, 9.17) is 4.74 Å². The highest BCUT2D eigenvalue weighted by Crippen LogP contribution is 2.29. The third kappa shape index (κ3) is 4.75. The summed E-state index contributed by atoms with van der Waals surface area (Å²) >= 11 is 0. The Morgan fingerprint density at radius 2 is 2.11 bits per heavy atom. The number of likely N-dealkylation sites (tertiary alicyclic amines) is 1. The van der Waals surface area contributed by atoms with Gasteiger partial charge in [0.05, 0.1) is 11.9 Å². The van der Waals surface area contributed by atoms with Crippen molar-refractivity contribution in [3.05, 3.63) is 48.8 Å². The smallest absolute Gasteiger partial charge is 0.318 e. The van der Waals surface area contributed by atoms with Crippen molar-refractivity contribution in [3.63, 3.8) is 0 Å². The normalized spacial score (nSPS) is 16.0. The number of aromatic nitrogens is 1. The van der Waals surface area contributed by atoms with E-state index in [0.29, 0.717) is 36.7 Å². The number of hydrogen-bond donors (Lipinski definition) is 2. The third-order valence-corrected chi connectivity index (χ3v) is 4.35. The van der Waals surface area contributed by atoms with E-state index in [2.05, 4.69) is 15.6 Å². The molecule has 0 spiro atoms. The first-order chi connectivity index (χ1) is 13.2. The van der Waals surface area contributed by atoms with Gasteiger partial charge in [0, 0.05) is 19.3 Å². The standard InChI is InChI=1S/C20H24N4O3/c1-2-11-22-20(26)24-13-6-9-17(24)19(25)23-16-8-3-4-10-18(16)27-15-7-5-12-21-14-15/h3-5,7-8,10,12,14,17H,2,6,9,11,13H2,1H3,(H,22,26)(H,23,25)/t17-/m1/s1. The number of nitrogens with one attached hydrogen (secondary N) is 2. The van der Waals surface area contributed by atoms with Crippen LogP contribution in [0.1, 0.15) is 26.2 Å². The first-order valence-corrected chi connectivity index (χ1v) is 9.21. The van der Waals surface area contributed by atoms with Crippen molar-refractivity contribution in [2.75, 3.05) is 18.4 Å². The summed E-state index contributed by atoms with van der Waals surface area (Å²) < 4.78 is 5.83. The molecule has 1 aromatic carbocycles. The maximum Gasteiger partial charge on any atom is 0.318 e. The molecule has 1 aliphatic rings. The minimum atomic E-state index is -0.478. The Hall–Kier alpha value is -3.09. The molecule has 1 atom stereocenters. The minimum absolute atomic E-state index is 0.186. The highest BCUT2D eigenvalue weighted by atomic mass is 16.5. The van der Waals surface area contributed by atoms with Gasteiger partial charge in [-0.2, -0.15) is 0 Å². The van der Waals surface area contributed by atoms with Crippen molar-refractivity contribution in [2.45, 2.75) is 32.2 Å². The highest BCUT2D eigenvalue weighted by molar-refractivity contribution is 5.98. The summed E-state index contributed by atoms with van der Waals surface area (Å²) in [5.74, 6) is 0.904. The van der Waals surface area contributed by atoms with Gasteiger partial charge in [0.1, 0.15) is 11.8 Å². The molecule has 0 unspecified atom stereocenters. The largest absolute Gasteiger partial charge is 0.454 e. The second-order valence-electron chi connectivity index (χ2n) is 6.36. The number of para-hydroxylation sites is 2. The monoisotopic (exact) mass is 368 g/mol. The lowest BCUT2D eigenvalue weighted by Crippen LogP contribution is -2.47. The van der Waals surface area contributed by atoms with Gasteiger partial charge < -0.3 is 20.3 Å². The van der Waals surface area contributed by atoms with Gasteiger partial charge in [-0.05, 0) is 43.5 Å². The number of ether oxygens (including phenoxy) is 1. The van der Waals surface area contributed by atoms with E-state index in [1.54, 1.807) is 41.6 Å². The number of nitrogens with zero attached hydrogens (tertiary/aromatic N) is 2. The van der Waals surface area contributed by atoms with E-state index in [0.717, 1.165) is 12.8 Å². The number of carbonyl (C=O) groups excluding carboxylic acids is 2. The summed E-state index contributed by atoms with van der Waals surface area (Å²) in [6, 6.07) is 10.1. The van der Waals surface area contributed by atoms with Crippen molar-refractivity contribution >= 4 is 17.6 Å². The minimum Gasteiger partial charge on any atom is -0.454 e. The molecule has 27 heavy (non-hydrogen) atoms. The number of carbonyl (C=O) groups is 2. The average molecular weight is 368 g/mol. The van der Waals surface area contributed by atoms with Gasteiger partial charge in [0.2, 0.25) is 5.91 Å². The van der Waals surface area contributed by atoms with E-state index >= 15 is 0 Å². The number of amides is 3. The molecule has 0 aliphatic carbocycles. The number of rotatable bonds is 6.